The fourth-order valence-electron chi connectivity index (χ4n) is 1.42. The van der Waals surface area contributed by atoms with Gasteiger partial charge in [0, 0.05) is 19.2 Å². The minimum absolute atomic E-state index is 0.0743. The molecule has 0 heterocycles. The Labute approximate surface area is 104 Å². The summed E-state index contributed by atoms with van der Waals surface area (Å²) < 4.78 is 31.0. The zero-order chi connectivity index (χ0) is 13.5. The van der Waals surface area contributed by atoms with E-state index in [1.54, 1.807) is 6.92 Å². The van der Waals surface area contributed by atoms with E-state index in [2.05, 4.69) is 10.6 Å². The Bertz CT molecular complexity index is 413. The zero-order valence-corrected chi connectivity index (χ0v) is 10.3. The molecule has 6 heteroatoms. The molecule has 0 aliphatic heterocycles. The van der Waals surface area contributed by atoms with Crippen molar-refractivity contribution >= 4 is 6.03 Å². The average Bonchev–Trinajstić information content (AvgIpc) is 2.30. The predicted molar refractivity (Wildman–Crippen MR) is 63.1 cm³/mol. The van der Waals surface area contributed by atoms with Gasteiger partial charge in [0.1, 0.15) is 11.6 Å². The normalized spacial score (nSPS) is 12.0. The van der Waals surface area contributed by atoms with Gasteiger partial charge in [-0.1, -0.05) is 0 Å². The number of hydrogen-bond acceptors (Lipinski definition) is 2. The first-order valence-electron chi connectivity index (χ1n) is 5.50. The quantitative estimate of drug-likeness (QED) is 0.846. The molecule has 0 saturated heterocycles. The van der Waals surface area contributed by atoms with Crippen LogP contribution in [0.1, 0.15) is 12.5 Å². The number of methoxy groups -OCH3 is 1. The summed E-state index contributed by atoms with van der Waals surface area (Å²) >= 11 is 0. The molecule has 0 bridgehead atoms. The Balaban J connectivity index is 2.45. The maximum Gasteiger partial charge on any atom is 0.315 e. The van der Waals surface area contributed by atoms with E-state index in [-0.39, 0.29) is 18.2 Å². The fourth-order valence-corrected chi connectivity index (χ4v) is 1.42. The van der Waals surface area contributed by atoms with Gasteiger partial charge in [0.25, 0.3) is 0 Å². The number of urea groups is 1. The van der Waals surface area contributed by atoms with Crippen molar-refractivity contribution < 1.29 is 18.3 Å². The van der Waals surface area contributed by atoms with Gasteiger partial charge in [-0.05, 0) is 25.1 Å². The van der Waals surface area contributed by atoms with Crippen LogP contribution < -0.4 is 10.6 Å². The molecule has 0 aromatic heterocycles. The Morgan fingerprint density at radius 3 is 2.83 bits per heavy atom. The van der Waals surface area contributed by atoms with Crippen LogP contribution in [-0.2, 0) is 11.3 Å². The maximum atomic E-state index is 13.2. The van der Waals surface area contributed by atoms with Gasteiger partial charge in [-0.15, -0.1) is 0 Å². The minimum Gasteiger partial charge on any atom is -0.383 e. The fraction of sp³-hybridized carbons (Fsp3) is 0.417. The number of carbonyl (C=O) groups excluding carboxylic acids is 1. The van der Waals surface area contributed by atoms with E-state index in [9.17, 15) is 13.6 Å². The van der Waals surface area contributed by atoms with E-state index in [0.29, 0.717) is 6.61 Å². The third-order valence-corrected chi connectivity index (χ3v) is 2.24. The van der Waals surface area contributed by atoms with E-state index >= 15 is 0 Å². The van der Waals surface area contributed by atoms with Crippen molar-refractivity contribution in [1.82, 2.24) is 10.6 Å². The second-order valence-corrected chi connectivity index (χ2v) is 3.92. The topological polar surface area (TPSA) is 50.4 Å². The standard InChI is InChI=1S/C12H16F2N2O2/c1-8(7-18-2)16-12(17)15-6-9-5-10(13)3-4-11(9)14/h3-5,8H,6-7H2,1-2H3,(H2,15,16,17). The smallest absolute Gasteiger partial charge is 0.315 e. The number of hydrogen-bond donors (Lipinski definition) is 2. The third-order valence-electron chi connectivity index (χ3n) is 2.24. The predicted octanol–water partition coefficient (Wildman–Crippen LogP) is 1.80. The van der Waals surface area contributed by atoms with E-state index in [4.69, 9.17) is 4.74 Å². The summed E-state index contributed by atoms with van der Waals surface area (Å²) in [6.45, 7) is 2.07. The molecule has 1 aromatic carbocycles. The highest BCUT2D eigenvalue weighted by atomic mass is 19.1. The lowest BCUT2D eigenvalue weighted by molar-refractivity contribution is 0.171. The highest BCUT2D eigenvalue weighted by Crippen LogP contribution is 2.08. The molecule has 2 N–H and O–H groups in total. The molecular formula is C12H16F2N2O2. The van der Waals surface area contributed by atoms with E-state index < -0.39 is 17.7 Å². The van der Waals surface area contributed by atoms with Crippen molar-refractivity contribution in [3.63, 3.8) is 0 Å². The number of ether oxygens (including phenoxy) is 1. The molecule has 0 aliphatic carbocycles. The minimum atomic E-state index is -0.554. The van der Waals surface area contributed by atoms with Crippen molar-refractivity contribution in [1.29, 1.82) is 0 Å². The van der Waals surface area contributed by atoms with Gasteiger partial charge in [-0.2, -0.15) is 0 Å². The highest BCUT2D eigenvalue weighted by Gasteiger charge is 2.08. The second kappa shape index (κ2) is 6.90. The Hall–Kier alpha value is -1.69. The van der Waals surface area contributed by atoms with Gasteiger partial charge in [-0.3, -0.25) is 0 Å². The molecule has 1 rings (SSSR count). The summed E-state index contributed by atoms with van der Waals surface area (Å²) in [5.41, 5.74) is 0.101. The second-order valence-electron chi connectivity index (χ2n) is 3.92. The van der Waals surface area contributed by atoms with Crippen LogP contribution in [0.5, 0.6) is 0 Å². The number of benzene rings is 1. The van der Waals surface area contributed by atoms with Crippen LogP contribution >= 0.6 is 0 Å². The molecule has 0 radical (unpaired) electrons. The molecule has 0 spiro atoms. The number of rotatable bonds is 5. The van der Waals surface area contributed by atoms with Crippen LogP contribution in [0.2, 0.25) is 0 Å². The van der Waals surface area contributed by atoms with Crippen LogP contribution in [0.25, 0.3) is 0 Å². The number of amides is 2. The first-order chi connectivity index (χ1) is 8.52. The van der Waals surface area contributed by atoms with Crippen LogP contribution in [0.15, 0.2) is 18.2 Å². The van der Waals surface area contributed by atoms with Crippen molar-refractivity contribution in [2.45, 2.75) is 19.5 Å². The lowest BCUT2D eigenvalue weighted by Gasteiger charge is -2.13. The molecule has 0 fully saturated rings. The van der Waals surface area contributed by atoms with E-state index in [0.717, 1.165) is 18.2 Å². The largest absolute Gasteiger partial charge is 0.383 e. The monoisotopic (exact) mass is 258 g/mol. The molecule has 0 saturated carbocycles. The highest BCUT2D eigenvalue weighted by molar-refractivity contribution is 5.74. The summed E-state index contributed by atoms with van der Waals surface area (Å²) in [6.07, 6.45) is 0. The summed E-state index contributed by atoms with van der Waals surface area (Å²) in [4.78, 5) is 11.4. The number of carbonyl (C=O) groups is 1. The number of halogens is 2. The summed E-state index contributed by atoms with van der Waals surface area (Å²) in [5, 5.41) is 5.04. The molecular weight excluding hydrogens is 242 g/mol. The van der Waals surface area contributed by atoms with E-state index in [1.165, 1.54) is 7.11 Å². The van der Waals surface area contributed by atoms with Crippen molar-refractivity contribution in [3.8, 4) is 0 Å². The average molecular weight is 258 g/mol. The summed E-state index contributed by atoms with van der Waals surface area (Å²) in [6, 6.07) is 2.49. The third kappa shape index (κ3) is 4.67. The Morgan fingerprint density at radius 2 is 2.17 bits per heavy atom. The zero-order valence-electron chi connectivity index (χ0n) is 10.3. The van der Waals surface area contributed by atoms with Crippen molar-refractivity contribution in [2.24, 2.45) is 0 Å². The molecule has 1 aromatic rings. The molecule has 1 unspecified atom stereocenters. The van der Waals surface area contributed by atoms with Crippen LogP contribution in [0.3, 0.4) is 0 Å². The lowest BCUT2D eigenvalue weighted by Crippen LogP contribution is -2.42. The van der Waals surface area contributed by atoms with Crippen molar-refractivity contribution in [2.75, 3.05) is 13.7 Å². The Kier molecular flexibility index (Phi) is 5.51. The van der Waals surface area contributed by atoms with Crippen LogP contribution in [0.4, 0.5) is 13.6 Å². The molecule has 1 atom stereocenters. The molecule has 2 amide bonds. The maximum absolute atomic E-state index is 13.2. The van der Waals surface area contributed by atoms with Gasteiger partial charge < -0.3 is 15.4 Å². The van der Waals surface area contributed by atoms with Crippen molar-refractivity contribution in [3.05, 3.63) is 35.4 Å². The van der Waals surface area contributed by atoms with Gasteiger partial charge >= 0.3 is 6.03 Å². The summed E-state index contributed by atoms with van der Waals surface area (Å²) in [5.74, 6) is -1.09. The van der Waals surface area contributed by atoms with Gasteiger partial charge in [0.05, 0.1) is 12.6 Å². The van der Waals surface area contributed by atoms with Gasteiger partial charge in [-0.25, -0.2) is 13.6 Å². The molecule has 4 nitrogen and oxygen atoms in total. The lowest BCUT2D eigenvalue weighted by atomic mass is 10.2. The molecule has 0 aliphatic rings. The van der Waals surface area contributed by atoms with E-state index in [1.807, 2.05) is 0 Å². The van der Waals surface area contributed by atoms with Gasteiger partial charge in [0.2, 0.25) is 0 Å². The first-order valence-corrected chi connectivity index (χ1v) is 5.50. The summed E-state index contributed by atoms with van der Waals surface area (Å²) in [7, 11) is 1.53. The van der Waals surface area contributed by atoms with Crippen LogP contribution in [0, 0.1) is 11.6 Å². The van der Waals surface area contributed by atoms with Crippen LogP contribution in [-0.4, -0.2) is 25.8 Å². The SMILES string of the molecule is COCC(C)NC(=O)NCc1cc(F)ccc1F. The molecule has 100 valence electrons. The van der Waals surface area contributed by atoms with Gasteiger partial charge in [0.15, 0.2) is 0 Å². The molecule has 18 heavy (non-hydrogen) atoms. The Morgan fingerprint density at radius 1 is 1.44 bits per heavy atom. The number of nitrogens with one attached hydrogen (secondary N) is 2. The first kappa shape index (κ1) is 14.4.